The van der Waals surface area contributed by atoms with E-state index in [4.69, 9.17) is 17.3 Å². The minimum atomic E-state index is -2.84. The van der Waals surface area contributed by atoms with Crippen molar-refractivity contribution in [2.75, 3.05) is 32.7 Å². The number of carbonyl (C=O) groups excluding carboxylic acids is 2. The van der Waals surface area contributed by atoms with Gasteiger partial charge in [0, 0.05) is 37.6 Å². The molecule has 142 valence electrons. The van der Waals surface area contributed by atoms with Gasteiger partial charge in [0.1, 0.15) is 6.04 Å². The Morgan fingerprint density at radius 2 is 1.81 bits per heavy atom. The van der Waals surface area contributed by atoms with E-state index in [2.05, 4.69) is 5.32 Å². The molecule has 2 saturated heterocycles. The molecule has 26 heavy (non-hydrogen) atoms. The number of hydrogen-bond acceptors (Lipinski definition) is 4. The highest BCUT2D eigenvalue weighted by Crippen LogP contribution is 2.27. The number of nitrogens with zero attached hydrogens (tertiary/aromatic N) is 2. The predicted molar refractivity (Wildman–Crippen MR) is 92.9 cm³/mol. The topological polar surface area (TPSA) is 78.7 Å². The molecule has 1 aromatic carbocycles. The zero-order chi connectivity index (χ0) is 18.9. The zero-order valence-electron chi connectivity index (χ0n) is 14.1. The molecular weight excluding hydrogens is 366 g/mol. The third kappa shape index (κ3) is 4.13. The third-order valence-corrected chi connectivity index (χ3v) is 5.11. The van der Waals surface area contributed by atoms with Gasteiger partial charge >= 0.3 is 0 Å². The smallest absolute Gasteiger partial charge is 0.262 e. The monoisotopic (exact) mass is 386 g/mol. The van der Waals surface area contributed by atoms with E-state index in [-0.39, 0.29) is 5.91 Å². The van der Waals surface area contributed by atoms with E-state index in [1.165, 1.54) is 0 Å². The van der Waals surface area contributed by atoms with E-state index >= 15 is 0 Å². The molecule has 2 amide bonds. The maximum Gasteiger partial charge on any atom is 0.262 e. The molecule has 2 fully saturated rings. The Balaban J connectivity index is 1.62. The van der Waals surface area contributed by atoms with Gasteiger partial charge in [-0.05, 0) is 17.7 Å². The van der Waals surface area contributed by atoms with Crippen molar-refractivity contribution >= 4 is 23.4 Å². The summed E-state index contributed by atoms with van der Waals surface area (Å²) >= 11 is 5.88. The highest BCUT2D eigenvalue weighted by Gasteiger charge is 2.44. The Morgan fingerprint density at radius 1 is 1.19 bits per heavy atom. The first-order valence-electron chi connectivity index (χ1n) is 8.46. The van der Waals surface area contributed by atoms with Crippen LogP contribution in [0.15, 0.2) is 24.3 Å². The van der Waals surface area contributed by atoms with Crippen molar-refractivity contribution in [3.05, 3.63) is 34.9 Å². The van der Waals surface area contributed by atoms with Crippen LogP contribution in [0.3, 0.4) is 0 Å². The summed E-state index contributed by atoms with van der Waals surface area (Å²) in [4.78, 5) is 27.8. The Labute approximate surface area is 155 Å². The van der Waals surface area contributed by atoms with E-state index in [1.807, 2.05) is 4.90 Å². The van der Waals surface area contributed by atoms with Gasteiger partial charge in [-0.1, -0.05) is 23.7 Å². The maximum absolute atomic E-state index is 13.3. The second-order valence-corrected chi connectivity index (χ2v) is 7.15. The lowest BCUT2D eigenvalue weighted by Crippen LogP contribution is -2.54. The quantitative estimate of drug-likeness (QED) is 0.809. The molecule has 2 heterocycles. The molecule has 2 atom stereocenters. The summed E-state index contributed by atoms with van der Waals surface area (Å²) in [6.45, 7) is 1.12. The number of nitrogens with two attached hydrogens (primary N) is 1. The van der Waals surface area contributed by atoms with Gasteiger partial charge in [0.15, 0.2) is 0 Å². The van der Waals surface area contributed by atoms with Gasteiger partial charge in [0.25, 0.3) is 5.92 Å². The van der Waals surface area contributed by atoms with Gasteiger partial charge in [-0.15, -0.1) is 0 Å². The van der Waals surface area contributed by atoms with Crippen molar-refractivity contribution in [2.45, 2.75) is 24.4 Å². The van der Waals surface area contributed by atoms with Gasteiger partial charge in [0.2, 0.25) is 11.8 Å². The van der Waals surface area contributed by atoms with Crippen LogP contribution in [0.4, 0.5) is 8.78 Å². The number of nitrogens with one attached hydrogen (secondary N) is 1. The minimum absolute atomic E-state index is 0.316. The molecular formula is C17H21ClF2N4O2. The Bertz CT molecular complexity index is 678. The van der Waals surface area contributed by atoms with Crippen molar-refractivity contribution in [2.24, 2.45) is 5.73 Å². The number of rotatable bonds is 4. The van der Waals surface area contributed by atoms with Crippen molar-refractivity contribution < 1.29 is 18.4 Å². The molecule has 9 heteroatoms. The van der Waals surface area contributed by atoms with Crippen LogP contribution in [0.25, 0.3) is 0 Å². The molecule has 3 rings (SSSR count). The number of piperazine rings is 1. The number of carbonyl (C=O) groups is 2. The van der Waals surface area contributed by atoms with E-state index in [1.54, 1.807) is 29.2 Å². The Hall–Kier alpha value is -1.77. The van der Waals surface area contributed by atoms with E-state index in [0.717, 1.165) is 5.56 Å². The lowest BCUT2D eigenvalue weighted by atomic mass is 10.0. The van der Waals surface area contributed by atoms with Gasteiger partial charge in [-0.25, -0.2) is 8.78 Å². The average molecular weight is 387 g/mol. The number of amides is 2. The number of hydrogen-bond donors (Lipinski definition) is 2. The fourth-order valence-corrected chi connectivity index (χ4v) is 3.64. The SMILES string of the molecule is NC(=O)C(c1ccc(Cl)cc1)N1CCN(C(=O)C2CC(F)(F)CN2)CC1. The average Bonchev–Trinajstić information content (AvgIpc) is 2.96. The summed E-state index contributed by atoms with van der Waals surface area (Å²) in [5.41, 5.74) is 6.31. The summed E-state index contributed by atoms with van der Waals surface area (Å²) in [5, 5.41) is 3.15. The molecule has 0 saturated carbocycles. The van der Waals surface area contributed by atoms with Gasteiger partial charge in [-0.3, -0.25) is 19.8 Å². The standard InChI is InChI=1S/C17H21ClF2N4O2/c18-12-3-1-11(2-4-12)14(15(21)25)23-5-7-24(8-6-23)16(26)13-9-17(19,20)10-22-13/h1-4,13-14,22H,5-10H2,(H2,21,25). The van der Waals surface area contributed by atoms with E-state index in [9.17, 15) is 18.4 Å². The number of primary amides is 1. The molecule has 2 aliphatic heterocycles. The van der Waals surface area contributed by atoms with Crippen LogP contribution < -0.4 is 11.1 Å². The van der Waals surface area contributed by atoms with Crippen LogP contribution in [0, 0.1) is 0 Å². The molecule has 2 aliphatic rings. The largest absolute Gasteiger partial charge is 0.368 e. The predicted octanol–water partition coefficient (Wildman–Crippen LogP) is 1.01. The van der Waals surface area contributed by atoms with Gasteiger partial charge < -0.3 is 10.6 Å². The molecule has 1 aromatic rings. The molecule has 2 unspecified atom stereocenters. The van der Waals surface area contributed by atoms with E-state index < -0.39 is 36.9 Å². The van der Waals surface area contributed by atoms with Crippen molar-refractivity contribution in [1.29, 1.82) is 0 Å². The fraction of sp³-hybridized carbons (Fsp3) is 0.529. The normalized spacial score (nSPS) is 24.4. The zero-order valence-corrected chi connectivity index (χ0v) is 14.9. The molecule has 0 bridgehead atoms. The summed E-state index contributed by atoms with van der Waals surface area (Å²) in [7, 11) is 0. The second kappa shape index (κ2) is 7.46. The van der Waals surface area contributed by atoms with Gasteiger partial charge in [-0.2, -0.15) is 0 Å². The number of benzene rings is 1. The lowest BCUT2D eigenvalue weighted by molar-refractivity contribution is -0.136. The molecule has 0 aromatic heterocycles. The third-order valence-electron chi connectivity index (χ3n) is 4.85. The summed E-state index contributed by atoms with van der Waals surface area (Å²) < 4.78 is 26.6. The van der Waals surface area contributed by atoms with Crippen molar-refractivity contribution in [3.63, 3.8) is 0 Å². The van der Waals surface area contributed by atoms with Crippen LogP contribution in [0.5, 0.6) is 0 Å². The molecule has 6 nitrogen and oxygen atoms in total. The first-order valence-corrected chi connectivity index (χ1v) is 8.83. The number of alkyl halides is 2. The fourth-order valence-electron chi connectivity index (χ4n) is 3.51. The van der Waals surface area contributed by atoms with Crippen LogP contribution >= 0.6 is 11.6 Å². The highest BCUT2D eigenvalue weighted by molar-refractivity contribution is 6.30. The van der Waals surface area contributed by atoms with Crippen LogP contribution in [-0.2, 0) is 9.59 Å². The summed E-state index contributed by atoms with van der Waals surface area (Å²) in [6.07, 6.45) is -0.471. The van der Waals surface area contributed by atoms with Crippen molar-refractivity contribution in [1.82, 2.24) is 15.1 Å². The first kappa shape index (κ1) is 19.0. The van der Waals surface area contributed by atoms with Crippen LogP contribution in [0.1, 0.15) is 18.0 Å². The van der Waals surface area contributed by atoms with Crippen LogP contribution in [0.2, 0.25) is 5.02 Å². The molecule has 0 aliphatic carbocycles. The maximum atomic E-state index is 13.3. The minimum Gasteiger partial charge on any atom is -0.368 e. The van der Waals surface area contributed by atoms with Crippen LogP contribution in [-0.4, -0.2) is 66.3 Å². The van der Waals surface area contributed by atoms with Crippen molar-refractivity contribution in [3.8, 4) is 0 Å². The molecule has 3 N–H and O–H groups in total. The summed E-state index contributed by atoms with van der Waals surface area (Å²) in [6, 6.07) is 5.43. The molecule has 0 radical (unpaired) electrons. The molecule has 0 spiro atoms. The number of halogens is 3. The van der Waals surface area contributed by atoms with E-state index in [0.29, 0.717) is 31.2 Å². The summed E-state index contributed by atoms with van der Waals surface area (Å²) in [5.74, 6) is -3.64. The first-order chi connectivity index (χ1) is 12.3. The Morgan fingerprint density at radius 3 is 2.31 bits per heavy atom. The Kier molecular flexibility index (Phi) is 5.45. The highest BCUT2D eigenvalue weighted by atomic mass is 35.5. The lowest BCUT2D eigenvalue weighted by Gasteiger charge is -2.39. The van der Waals surface area contributed by atoms with Gasteiger partial charge in [0.05, 0.1) is 12.6 Å². The second-order valence-electron chi connectivity index (χ2n) is 6.71.